The number of nitrogens with zero attached hydrogens (tertiary/aromatic N) is 2. The second kappa shape index (κ2) is 10.2. The second-order valence-corrected chi connectivity index (χ2v) is 12.3. The third-order valence-electron chi connectivity index (χ3n) is 5.55. The van der Waals surface area contributed by atoms with Gasteiger partial charge in [0.1, 0.15) is 0 Å². The molecule has 34 heavy (non-hydrogen) atoms. The SMILES string of the molecule is [C-]#[N+]C(Cc1ccc(CC([N+]#[C-])S(=O)(=O)c2ccc(C)cc2)cc1)S(=O)(=O)c1ccc(C)cc1. The van der Waals surface area contributed by atoms with E-state index >= 15 is 0 Å². The van der Waals surface area contributed by atoms with E-state index in [2.05, 4.69) is 9.69 Å². The molecule has 0 saturated carbocycles. The van der Waals surface area contributed by atoms with E-state index < -0.39 is 30.4 Å². The molecule has 0 saturated heterocycles. The van der Waals surface area contributed by atoms with E-state index in [1.54, 1.807) is 48.5 Å². The number of hydrogen-bond acceptors (Lipinski definition) is 4. The standard InChI is InChI=1S/C26H24N2O4S2/c1-19-5-13-23(14-6-19)33(29,30)25(27-3)17-21-9-11-22(12-10-21)18-26(28-4)34(31,32)24-15-7-20(2)8-16-24/h5-16,25-26H,17-18H2,1-2H3. The molecule has 0 aliphatic rings. The topological polar surface area (TPSA) is 77.0 Å². The lowest BCUT2D eigenvalue weighted by atomic mass is 10.1. The van der Waals surface area contributed by atoms with Crippen molar-refractivity contribution >= 4 is 19.7 Å². The minimum absolute atomic E-state index is 0.00784. The van der Waals surface area contributed by atoms with Crippen molar-refractivity contribution < 1.29 is 16.8 Å². The zero-order valence-corrected chi connectivity index (χ0v) is 20.5. The van der Waals surface area contributed by atoms with Crippen LogP contribution in [-0.4, -0.2) is 27.6 Å². The van der Waals surface area contributed by atoms with Crippen LogP contribution >= 0.6 is 0 Å². The van der Waals surface area contributed by atoms with Crippen LogP contribution in [0.2, 0.25) is 0 Å². The lowest BCUT2D eigenvalue weighted by molar-refractivity contribution is 0.585. The molecular weight excluding hydrogens is 468 g/mol. The van der Waals surface area contributed by atoms with E-state index in [1.165, 1.54) is 24.3 Å². The Kier molecular flexibility index (Phi) is 7.56. The lowest BCUT2D eigenvalue weighted by Gasteiger charge is -2.10. The first kappa shape index (κ1) is 25.2. The van der Waals surface area contributed by atoms with Gasteiger partial charge in [0.25, 0.3) is 19.7 Å². The van der Waals surface area contributed by atoms with Crippen LogP contribution < -0.4 is 0 Å². The van der Waals surface area contributed by atoms with Crippen LogP contribution in [-0.2, 0) is 32.5 Å². The Bertz CT molecular complexity index is 1330. The monoisotopic (exact) mass is 492 g/mol. The third kappa shape index (κ3) is 5.53. The molecule has 0 amide bonds. The van der Waals surface area contributed by atoms with Crippen LogP contribution in [0.1, 0.15) is 22.3 Å². The first-order valence-corrected chi connectivity index (χ1v) is 13.6. The highest BCUT2D eigenvalue weighted by Gasteiger charge is 2.34. The summed E-state index contributed by atoms with van der Waals surface area (Å²) < 4.78 is 51.5. The number of aryl methyl sites for hydroxylation is 2. The molecule has 3 rings (SSSR count). The van der Waals surface area contributed by atoms with Crippen LogP contribution in [0.3, 0.4) is 0 Å². The minimum Gasteiger partial charge on any atom is -0.296 e. The summed E-state index contributed by atoms with van der Waals surface area (Å²) in [5, 5.41) is -2.53. The van der Waals surface area contributed by atoms with Gasteiger partial charge >= 0.3 is 10.7 Å². The predicted octanol–water partition coefficient (Wildman–Crippen LogP) is 4.83. The second-order valence-electron chi connectivity index (χ2n) is 8.11. The maximum Gasteiger partial charge on any atom is 0.329 e. The molecule has 0 heterocycles. The molecule has 0 spiro atoms. The number of rotatable bonds is 8. The molecule has 2 unspecified atom stereocenters. The Morgan fingerprint density at radius 1 is 0.588 bits per heavy atom. The van der Waals surface area contributed by atoms with Gasteiger partial charge in [-0.15, -0.1) is 0 Å². The summed E-state index contributed by atoms with van der Waals surface area (Å²) in [6.45, 7) is 18.6. The molecule has 8 heteroatoms. The smallest absolute Gasteiger partial charge is 0.296 e. The summed E-state index contributed by atoms with van der Waals surface area (Å²) >= 11 is 0. The maximum atomic E-state index is 12.9. The van der Waals surface area contributed by atoms with Crippen molar-refractivity contribution in [1.29, 1.82) is 0 Å². The highest BCUT2D eigenvalue weighted by molar-refractivity contribution is 7.92. The molecule has 6 nitrogen and oxygen atoms in total. The lowest BCUT2D eigenvalue weighted by Crippen LogP contribution is -2.21. The van der Waals surface area contributed by atoms with Gasteiger partial charge in [-0.1, -0.05) is 59.7 Å². The van der Waals surface area contributed by atoms with E-state index in [-0.39, 0.29) is 22.6 Å². The molecule has 0 bridgehead atoms. The van der Waals surface area contributed by atoms with E-state index in [0.717, 1.165) is 11.1 Å². The third-order valence-corrected chi connectivity index (χ3v) is 9.38. The molecule has 3 aromatic rings. The summed E-state index contributed by atoms with van der Waals surface area (Å²) in [5.41, 5.74) is 3.13. The fourth-order valence-electron chi connectivity index (χ4n) is 3.43. The van der Waals surface area contributed by atoms with Gasteiger partial charge < -0.3 is 0 Å². The highest BCUT2D eigenvalue weighted by atomic mass is 32.2. The van der Waals surface area contributed by atoms with Gasteiger partial charge in [0.05, 0.1) is 22.6 Å². The molecule has 2 atom stereocenters. The quantitative estimate of drug-likeness (QED) is 0.422. The highest BCUT2D eigenvalue weighted by Crippen LogP contribution is 2.24. The average Bonchev–Trinajstić information content (AvgIpc) is 2.82. The Morgan fingerprint density at radius 3 is 1.15 bits per heavy atom. The van der Waals surface area contributed by atoms with Crippen LogP contribution in [0.5, 0.6) is 0 Å². The Morgan fingerprint density at radius 2 is 0.882 bits per heavy atom. The molecule has 0 fully saturated rings. The van der Waals surface area contributed by atoms with Gasteiger partial charge in [-0.3, -0.25) is 9.69 Å². The van der Waals surface area contributed by atoms with E-state index in [9.17, 15) is 16.8 Å². The molecule has 3 aromatic carbocycles. The number of sulfone groups is 2. The predicted molar refractivity (Wildman–Crippen MR) is 131 cm³/mol. The first-order valence-electron chi connectivity index (χ1n) is 10.5. The van der Waals surface area contributed by atoms with E-state index in [1.807, 2.05) is 13.8 Å². The van der Waals surface area contributed by atoms with Crippen LogP contribution in [0.15, 0.2) is 82.6 Å². The fraction of sp³-hybridized carbons (Fsp3) is 0.231. The summed E-state index contributed by atoms with van der Waals surface area (Å²) in [5.74, 6) is 0. The molecule has 174 valence electrons. The van der Waals surface area contributed by atoms with Gasteiger partial charge in [0, 0.05) is 0 Å². The minimum atomic E-state index is -3.83. The fourth-order valence-corrected chi connectivity index (χ4v) is 6.19. The summed E-state index contributed by atoms with van der Waals surface area (Å²) in [7, 11) is -7.65. The van der Waals surface area contributed by atoms with Crippen molar-refractivity contribution in [2.45, 2.75) is 47.2 Å². The Hall–Kier alpha value is -3.46. The average molecular weight is 493 g/mol. The largest absolute Gasteiger partial charge is 0.329 e. The Labute approximate surface area is 201 Å². The van der Waals surface area contributed by atoms with Crippen molar-refractivity contribution in [3.63, 3.8) is 0 Å². The van der Waals surface area contributed by atoms with Crippen molar-refractivity contribution in [3.05, 3.63) is 118 Å². The normalized spacial score (nSPS) is 13.4. The summed E-state index contributed by atoms with van der Waals surface area (Å²) in [6.07, 6.45) is 0.0157. The van der Waals surface area contributed by atoms with Crippen molar-refractivity contribution in [1.82, 2.24) is 0 Å². The van der Waals surface area contributed by atoms with Gasteiger partial charge in [0.15, 0.2) is 0 Å². The molecular formula is C26H24N2O4S2. The zero-order chi connectivity index (χ0) is 24.9. The molecule has 0 radical (unpaired) electrons. The summed E-state index contributed by atoms with van der Waals surface area (Å²) in [4.78, 5) is 6.92. The van der Waals surface area contributed by atoms with E-state index in [4.69, 9.17) is 13.1 Å². The molecule has 0 aliphatic carbocycles. The van der Waals surface area contributed by atoms with Gasteiger partial charge in [-0.2, -0.15) is 0 Å². The van der Waals surface area contributed by atoms with E-state index in [0.29, 0.717) is 11.1 Å². The van der Waals surface area contributed by atoms with Crippen LogP contribution in [0.25, 0.3) is 9.69 Å². The summed E-state index contributed by atoms with van der Waals surface area (Å²) in [6, 6.07) is 19.5. The number of benzene rings is 3. The van der Waals surface area contributed by atoms with Crippen LogP contribution in [0, 0.1) is 27.0 Å². The van der Waals surface area contributed by atoms with Crippen LogP contribution in [0.4, 0.5) is 0 Å². The van der Waals surface area contributed by atoms with Gasteiger partial charge in [-0.05, 0) is 49.2 Å². The first-order chi connectivity index (χ1) is 16.1. The molecule has 0 aromatic heterocycles. The molecule has 0 N–H and O–H groups in total. The number of hydrogen-bond donors (Lipinski definition) is 0. The Balaban J connectivity index is 1.76. The molecule has 0 aliphatic heterocycles. The van der Waals surface area contributed by atoms with Gasteiger partial charge in [0.2, 0.25) is 0 Å². The van der Waals surface area contributed by atoms with Crippen molar-refractivity contribution in [3.8, 4) is 0 Å². The van der Waals surface area contributed by atoms with Crippen molar-refractivity contribution in [2.75, 3.05) is 0 Å². The zero-order valence-electron chi connectivity index (χ0n) is 18.8. The van der Waals surface area contributed by atoms with Crippen molar-refractivity contribution in [2.24, 2.45) is 0 Å². The van der Waals surface area contributed by atoms with Gasteiger partial charge in [-0.25, -0.2) is 30.0 Å². The maximum absolute atomic E-state index is 12.9.